The van der Waals surface area contributed by atoms with Gasteiger partial charge in [-0.2, -0.15) is 0 Å². The quantitative estimate of drug-likeness (QED) is 0.508. The van der Waals surface area contributed by atoms with Crippen molar-refractivity contribution < 1.29 is 9.13 Å². The maximum absolute atomic E-state index is 13.1. The van der Waals surface area contributed by atoms with Gasteiger partial charge in [0, 0.05) is 5.88 Å². The molecule has 0 aliphatic carbocycles. The van der Waals surface area contributed by atoms with Crippen molar-refractivity contribution in [2.45, 2.75) is 25.7 Å². The molecule has 1 aromatic rings. The molecule has 0 bridgehead atoms. The summed E-state index contributed by atoms with van der Waals surface area (Å²) in [5, 5.41) is 0. The highest BCUT2D eigenvalue weighted by Gasteiger charge is 2.00. The fourth-order valence-electron chi connectivity index (χ4n) is 1.29. The Morgan fingerprint density at radius 1 is 1.07 bits per heavy atom. The molecule has 0 N–H and O–H groups in total. The van der Waals surface area contributed by atoms with E-state index in [1.54, 1.807) is 18.2 Å². The van der Waals surface area contributed by atoms with Crippen molar-refractivity contribution in [1.29, 1.82) is 0 Å². The normalized spacial score (nSPS) is 10.3. The molecule has 15 heavy (non-hydrogen) atoms. The van der Waals surface area contributed by atoms with Gasteiger partial charge in [-0.25, -0.2) is 4.39 Å². The summed E-state index contributed by atoms with van der Waals surface area (Å²) in [7, 11) is 0. The summed E-state index contributed by atoms with van der Waals surface area (Å²) in [6.45, 7) is 0.573. The van der Waals surface area contributed by atoms with Crippen LogP contribution in [-0.2, 0) is 0 Å². The highest BCUT2D eigenvalue weighted by molar-refractivity contribution is 6.17. The zero-order valence-electron chi connectivity index (χ0n) is 8.72. The highest BCUT2D eigenvalue weighted by atomic mass is 35.5. The summed E-state index contributed by atoms with van der Waals surface area (Å²) in [5.41, 5.74) is 0. The average molecular weight is 231 g/mol. The molecule has 1 aromatic carbocycles. The first-order valence-corrected chi connectivity index (χ1v) is 5.81. The third-order valence-corrected chi connectivity index (χ3v) is 2.39. The maximum Gasteiger partial charge on any atom is 0.165 e. The molecule has 84 valence electrons. The highest BCUT2D eigenvalue weighted by Crippen LogP contribution is 2.15. The average Bonchev–Trinajstić information content (AvgIpc) is 2.25. The number of alkyl halides is 1. The van der Waals surface area contributed by atoms with Crippen LogP contribution in [0.2, 0.25) is 0 Å². The third-order valence-electron chi connectivity index (χ3n) is 2.12. The van der Waals surface area contributed by atoms with E-state index >= 15 is 0 Å². The molecule has 0 saturated carbocycles. The van der Waals surface area contributed by atoms with Gasteiger partial charge in [-0.1, -0.05) is 25.0 Å². The standard InChI is InChI=1S/C12H16ClFO/c13-9-5-1-2-6-10-15-12-8-4-3-7-11(12)14/h3-4,7-8H,1-2,5-6,9-10H2. The van der Waals surface area contributed by atoms with Crippen molar-refractivity contribution in [3.8, 4) is 5.75 Å². The van der Waals surface area contributed by atoms with Gasteiger partial charge in [-0.15, -0.1) is 11.6 Å². The van der Waals surface area contributed by atoms with E-state index in [2.05, 4.69) is 0 Å². The number of ether oxygens (including phenoxy) is 1. The predicted octanol–water partition coefficient (Wildman–Crippen LogP) is 4.00. The molecule has 1 rings (SSSR count). The fourth-order valence-corrected chi connectivity index (χ4v) is 1.48. The van der Waals surface area contributed by atoms with Crippen LogP contribution < -0.4 is 4.74 Å². The fraction of sp³-hybridized carbons (Fsp3) is 0.500. The molecule has 3 heteroatoms. The van der Waals surface area contributed by atoms with Crippen molar-refractivity contribution in [2.24, 2.45) is 0 Å². The minimum absolute atomic E-state index is 0.293. The van der Waals surface area contributed by atoms with Gasteiger partial charge in [-0.3, -0.25) is 0 Å². The van der Waals surface area contributed by atoms with Crippen LogP contribution in [0.25, 0.3) is 0 Å². The lowest BCUT2D eigenvalue weighted by Crippen LogP contribution is -1.99. The summed E-state index contributed by atoms with van der Waals surface area (Å²) in [6.07, 6.45) is 4.19. The Bertz CT molecular complexity index is 278. The second kappa shape index (κ2) is 7.52. The van der Waals surface area contributed by atoms with Crippen LogP contribution in [0.1, 0.15) is 25.7 Å². The van der Waals surface area contributed by atoms with Gasteiger partial charge in [-0.05, 0) is 25.0 Å². The molecule has 1 nitrogen and oxygen atoms in total. The van der Waals surface area contributed by atoms with Gasteiger partial charge < -0.3 is 4.74 Å². The van der Waals surface area contributed by atoms with Crippen LogP contribution in [0.3, 0.4) is 0 Å². The van der Waals surface area contributed by atoms with E-state index in [4.69, 9.17) is 16.3 Å². The predicted molar refractivity (Wildman–Crippen MR) is 61.1 cm³/mol. The lowest BCUT2D eigenvalue weighted by atomic mass is 10.2. The Balaban J connectivity index is 2.12. The molecule has 0 radical (unpaired) electrons. The van der Waals surface area contributed by atoms with Gasteiger partial charge in [0.15, 0.2) is 11.6 Å². The summed E-state index contributed by atoms with van der Waals surface area (Å²) < 4.78 is 18.4. The van der Waals surface area contributed by atoms with Crippen LogP contribution in [0.4, 0.5) is 4.39 Å². The van der Waals surface area contributed by atoms with E-state index in [1.807, 2.05) is 0 Å². The molecule has 0 amide bonds. The van der Waals surface area contributed by atoms with Crippen LogP contribution >= 0.6 is 11.6 Å². The van der Waals surface area contributed by atoms with E-state index < -0.39 is 0 Å². The number of halogens is 2. The summed E-state index contributed by atoms with van der Waals surface area (Å²) in [4.78, 5) is 0. The van der Waals surface area contributed by atoms with Crippen LogP contribution in [0.15, 0.2) is 24.3 Å². The molecule has 0 spiro atoms. The monoisotopic (exact) mass is 230 g/mol. The first kappa shape index (κ1) is 12.3. The Kier molecular flexibility index (Phi) is 6.17. The van der Waals surface area contributed by atoms with E-state index in [-0.39, 0.29) is 5.82 Å². The minimum atomic E-state index is -0.293. The van der Waals surface area contributed by atoms with Crippen molar-refractivity contribution in [3.05, 3.63) is 30.1 Å². The molecule has 0 saturated heterocycles. The summed E-state index contributed by atoms with van der Waals surface area (Å²) >= 11 is 5.55. The second-order valence-corrected chi connectivity index (χ2v) is 3.76. The van der Waals surface area contributed by atoms with Gasteiger partial charge in [0.2, 0.25) is 0 Å². The topological polar surface area (TPSA) is 9.23 Å². The van der Waals surface area contributed by atoms with E-state index in [1.165, 1.54) is 6.07 Å². The number of benzene rings is 1. The lowest BCUT2D eigenvalue weighted by molar-refractivity contribution is 0.290. The largest absolute Gasteiger partial charge is 0.491 e. The zero-order valence-corrected chi connectivity index (χ0v) is 9.47. The molecule has 0 unspecified atom stereocenters. The first-order valence-electron chi connectivity index (χ1n) is 5.28. The number of rotatable bonds is 7. The molecule has 0 atom stereocenters. The van der Waals surface area contributed by atoms with E-state index in [9.17, 15) is 4.39 Å². The van der Waals surface area contributed by atoms with Crippen molar-refractivity contribution in [3.63, 3.8) is 0 Å². The van der Waals surface area contributed by atoms with Crippen molar-refractivity contribution >= 4 is 11.6 Å². The zero-order chi connectivity index (χ0) is 10.9. The Hall–Kier alpha value is -0.760. The second-order valence-electron chi connectivity index (χ2n) is 3.38. The van der Waals surface area contributed by atoms with Gasteiger partial charge in [0.25, 0.3) is 0 Å². The van der Waals surface area contributed by atoms with Crippen LogP contribution in [0.5, 0.6) is 5.75 Å². The molecule has 0 fully saturated rings. The van der Waals surface area contributed by atoms with E-state index in [0.29, 0.717) is 18.2 Å². The smallest absolute Gasteiger partial charge is 0.165 e. The van der Waals surface area contributed by atoms with Gasteiger partial charge >= 0.3 is 0 Å². The minimum Gasteiger partial charge on any atom is -0.491 e. The molecule has 0 heterocycles. The Morgan fingerprint density at radius 2 is 1.80 bits per heavy atom. The number of hydrogen-bond acceptors (Lipinski definition) is 1. The van der Waals surface area contributed by atoms with Gasteiger partial charge in [0.05, 0.1) is 6.61 Å². The molecule has 0 aliphatic rings. The molecule has 0 aliphatic heterocycles. The van der Waals surface area contributed by atoms with Crippen molar-refractivity contribution in [1.82, 2.24) is 0 Å². The molecular weight excluding hydrogens is 215 g/mol. The SMILES string of the molecule is Fc1ccccc1OCCCCCCCl. The Morgan fingerprint density at radius 3 is 2.53 bits per heavy atom. The van der Waals surface area contributed by atoms with Gasteiger partial charge in [0.1, 0.15) is 0 Å². The molecule has 0 aromatic heterocycles. The van der Waals surface area contributed by atoms with E-state index in [0.717, 1.165) is 25.7 Å². The number of unbranched alkanes of at least 4 members (excludes halogenated alkanes) is 3. The van der Waals surface area contributed by atoms with Crippen LogP contribution in [-0.4, -0.2) is 12.5 Å². The Labute approximate surface area is 95.2 Å². The number of hydrogen-bond donors (Lipinski definition) is 0. The van der Waals surface area contributed by atoms with Crippen LogP contribution in [0, 0.1) is 5.82 Å². The van der Waals surface area contributed by atoms with Crippen molar-refractivity contribution in [2.75, 3.05) is 12.5 Å². The first-order chi connectivity index (χ1) is 7.34. The summed E-state index contributed by atoms with van der Waals surface area (Å²) in [6, 6.07) is 6.48. The summed E-state index contributed by atoms with van der Waals surface area (Å²) in [5.74, 6) is 0.766. The lowest BCUT2D eigenvalue weighted by Gasteiger charge is -2.06. The maximum atomic E-state index is 13.1. The number of para-hydroxylation sites is 1. The third kappa shape index (κ3) is 5.03. The molecular formula is C12H16ClFO.